The minimum Gasteiger partial charge on any atom is -0.457 e. The topological polar surface area (TPSA) is 85.3 Å². The van der Waals surface area contributed by atoms with E-state index in [9.17, 15) is 0 Å². The van der Waals surface area contributed by atoms with Crippen molar-refractivity contribution in [1.29, 1.82) is 5.26 Å². The van der Waals surface area contributed by atoms with Crippen LogP contribution in [0.25, 0.3) is 5.78 Å². The molecule has 0 radical (unpaired) electrons. The summed E-state index contributed by atoms with van der Waals surface area (Å²) in [7, 11) is 0. The van der Waals surface area contributed by atoms with Crippen molar-refractivity contribution in [2.24, 2.45) is 0 Å². The van der Waals surface area contributed by atoms with Crippen molar-refractivity contribution in [3.05, 3.63) is 72.2 Å². The molecule has 0 aliphatic carbocycles. The van der Waals surface area contributed by atoms with E-state index in [1.807, 2.05) is 6.92 Å². The molecular formula is C19H13N5O2. The number of hydrogen-bond donors (Lipinski definition) is 0. The van der Waals surface area contributed by atoms with Crippen LogP contribution in [0.3, 0.4) is 0 Å². The smallest absolute Gasteiger partial charge is 0.255 e. The fourth-order valence-electron chi connectivity index (χ4n) is 2.40. The van der Waals surface area contributed by atoms with E-state index >= 15 is 0 Å². The maximum atomic E-state index is 8.82. The van der Waals surface area contributed by atoms with Crippen LogP contribution < -0.4 is 9.47 Å². The second-order valence-electron chi connectivity index (χ2n) is 5.52. The molecule has 0 fully saturated rings. The first-order valence-corrected chi connectivity index (χ1v) is 7.84. The summed E-state index contributed by atoms with van der Waals surface area (Å²) in [6.07, 6.45) is 1.43. The van der Waals surface area contributed by atoms with E-state index in [0.717, 1.165) is 5.69 Å². The van der Waals surface area contributed by atoms with Gasteiger partial charge in [-0.1, -0.05) is 0 Å². The Labute approximate surface area is 149 Å². The normalized spacial score (nSPS) is 10.5. The van der Waals surface area contributed by atoms with Gasteiger partial charge < -0.3 is 9.47 Å². The Morgan fingerprint density at radius 2 is 1.54 bits per heavy atom. The van der Waals surface area contributed by atoms with Crippen LogP contribution in [0.1, 0.15) is 11.3 Å². The average Bonchev–Trinajstić information content (AvgIpc) is 3.12. The molecule has 2 heterocycles. The Morgan fingerprint density at radius 1 is 0.923 bits per heavy atom. The monoisotopic (exact) mass is 343 g/mol. The van der Waals surface area contributed by atoms with Crippen molar-refractivity contribution in [1.82, 2.24) is 19.6 Å². The van der Waals surface area contributed by atoms with Crippen LogP contribution >= 0.6 is 0 Å². The highest BCUT2D eigenvalue weighted by Gasteiger charge is 2.08. The SMILES string of the molecule is Cc1cc(Oc2ccc(Oc3ccc(C#N)cc3)cc2)n2ncnc2n1. The fourth-order valence-corrected chi connectivity index (χ4v) is 2.40. The quantitative estimate of drug-likeness (QED) is 0.559. The van der Waals surface area contributed by atoms with Crippen LogP contribution in [0.5, 0.6) is 23.1 Å². The molecule has 7 nitrogen and oxygen atoms in total. The molecule has 0 aliphatic rings. The van der Waals surface area contributed by atoms with Gasteiger partial charge in [-0.05, 0) is 55.5 Å². The van der Waals surface area contributed by atoms with Crippen LogP contribution in [0.2, 0.25) is 0 Å². The van der Waals surface area contributed by atoms with E-state index in [2.05, 4.69) is 21.1 Å². The second-order valence-corrected chi connectivity index (χ2v) is 5.52. The van der Waals surface area contributed by atoms with Crippen LogP contribution in [-0.4, -0.2) is 19.6 Å². The molecule has 4 rings (SSSR count). The predicted molar refractivity (Wildman–Crippen MR) is 93.3 cm³/mol. The zero-order valence-corrected chi connectivity index (χ0v) is 13.8. The molecule has 2 aromatic heterocycles. The second kappa shape index (κ2) is 6.53. The van der Waals surface area contributed by atoms with Gasteiger partial charge in [0.25, 0.3) is 5.78 Å². The average molecular weight is 343 g/mol. The molecule has 0 N–H and O–H groups in total. The number of rotatable bonds is 4. The lowest BCUT2D eigenvalue weighted by atomic mass is 10.2. The van der Waals surface area contributed by atoms with Gasteiger partial charge in [0.05, 0.1) is 11.6 Å². The van der Waals surface area contributed by atoms with Gasteiger partial charge in [-0.25, -0.2) is 4.98 Å². The van der Waals surface area contributed by atoms with Gasteiger partial charge in [-0.2, -0.15) is 19.9 Å². The third-order valence-electron chi connectivity index (χ3n) is 3.61. The first kappa shape index (κ1) is 15.6. The summed E-state index contributed by atoms with van der Waals surface area (Å²) >= 11 is 0. The van der Waals surface area contributed by atoms with Crippen LogP contribution in [-0.2, 0) is 0 Å². The van der Waals surface area contributed by atoms with Crippen LogP contribution in [0, 0.1) is 18.3 Å². The maximum Gasteiger partial charge on any atom is 0.255 e. The van der Waals surface area contributed by atoms with Gasteiger partial charge in [-0.3, -0.25) is 0 Å². The minimum absolute atomic E-state index is 0.487. The standard InChI is InChI=1S/C19H13N5O2/c1-13-10-18(24-19(23-13)21-12-22-24)26-17-8-6-16(7-9-17)25-15-4-2-14(11-20)3-5-15/h2-10,12H,1H3. The molecule has 126 valence electrons. The van der Waals surface area contributed by atoms with Gasteiger partial charge in [0.2, 0.25) is 5.88 Å². The number of aromatic nitrogens is 4. The van der Waals surface area contributed by atoms with Crippen molar-refractivity contribution in [3.63, 3.8) is 0 Å². The summed E-state index contributed by atoms with van der Waals surface area (Å²) in [5.41, 5.74) is 1.38. The highest BCUT2D eigenvalue weighted by Crippen LogP contribution is 2.27. The van der Waals surface area contributed by atoms with Gasteiger partial charge in [0.15, 0.2) is 0 Å². The van der Waals surface area contributed by atoms with E-state index in [4.69, 9.17) is 14.7 Å². The molecule has 4 aromatic rings. The summed E-state index contributed by atoms with van der Waals surface area (Å²) < 4.78 is 13.2. The van der Waals surface area contributed by atoms with Gasteiger partial charge in [0.1, 0.15) is 23.6 Å². The Morgan fingerprint density at radius 3 is 2.19 bits per heavy atom. The molecule has 0 atom stereocenters. The van der Waals surface area contributed by atoms with E-state index in [0.29, 0.717) is 34.5 Å². The van der Waals surface area contributed by atoms with Gasteiger partial charge in [-0.15, -0.1) is 0 Å². The molecule has 2 aromatic carbocycles. The fraction of sp³-hybridized carbons (Fsp3) is 0.0526. The largest absolute Gasteiger partial charge is 0.457 e. The van der Waals surface area contributed by atoms with Crippen molar-refractivity contribution < 1.29 is 9.47 Å². The molecule has 0 spiro atoms. The third-order valence-corrected chi connectivity index (χ3v) is 3.61. The molecule has 0 amide bonds. The number of benzene rings is 2. The highest BCUT2D eigenvalue weighted by atomic mass is 16.5. The summed E-state index contributed by atoms with van der Waals surface area (Å²) in [6.45, 7) is 1.87. The van der Waals surface area contributed by atoms with Gasteiger partial charge in [0, 0.05) is 11.8 Å². The number of ether oxygens (including phenoxy) is 2. The highest BCUT2D eigenvalue weighted by molar-refractivity contribution is 5.40. The molecular weight excluding hydrogens is 330 g/mol. The summed E-state index contributed by atoms with van der Waals surface area (Å²) in [5, 5.41) is 12.9. The number of hydrogen-bond acceptors (Lipinski definition) is 6. The number of aryl methyl sites for hydroxylation is 1. The molecule has 0 saturated carbocycles. The first-order valence-electron chi connectivity index (χ1n) is 7.84. The van der Waals surface area contributed by atoms with Crippen molar-refractivity contribution >= 4 is 5.78 Å². The van der Waals surface area contributed by atoms with E-state index in [-0.39, 0.29) is 0 Å². The lowest BCUT2D eigenvalue weighted by molar-refractivity contribution is 0.441. The van der Waals surface area contributed by atoms with Crippen LogP contribution in [0.15, 0.2) is 60.9 Å². The third kappa shape index (κ3) is 3.16. The lowest BCUT2D eigenvalue weighted by Crippen LogP contribution is -1.99. The van der Waals surface area contributed by atoms with Crippen molar-refractivity contribution in [2.45, 2.75) is 6.92 Å². The van der Waals surface area contributed by atoms with Gasteiger partial charge >= 0.3 is 0 Å². The van der Waals surface area contributed by atoms with E-state index < -0.39 is 0 Å². The summed E-state index contributed by atoms with van der Waals surface area (Å²) in [4.78, 5) is 8.36. The molecule has 0 bridgehead atoms. The predicted octanol–water partition coefficient (Wildman–Crippen LogP) is 3.89. The lowest BCUT2D eigenvalue weighted by Gasteiger charge is -2.09. The van der Waals surface area contributed by atoms with E-state index in [1.165, 1.54) is 10.8 Å². The summed E-state index contributed by atoms with van der Waals surface area (Å²) in [6, 6.07) is 18.0. The first-order chi connectivity index (χ1) is 12.7. The minimum atomic E-state index is 0.487. The molecule has 0 unspecified atom stereocenters. The Balaban J connectivity index is 1.52. The number of nitrogens with zero attached hydrogens (tertiary/aromatic N) is 5. The Bertz CT molecular complexity index is 1100. The zero-order chi connectivity index (χ0) is 17.9. The number of fused-ring (bicyclic) bond motifs is 1. The van der Waals surface area contributed by atoms with Crippen LogP contribution in [0.4, 0.5) is 0 Å². The Hall–Kier alpha value is -3.92. The van der Waals surface area contributed by atoms with E-state index in [1.54, 1.807) is 54.6 Å². The number of nitriles is 1. The summed E-state index contributed by atoms with van der Waals surface area (Å²) in [5.74, 6) is 2.98. The van der Waals surface area contributed by atoms with Crippen molar-refractivity contribution in [2.75, 3.05) is 0 Å². The zero-order valence-electron chi connectivity index (χ0n) is 13.8. The molecule has 26 heavy (non-hydrogen) atoms. The maximum absolute atomic E-state index is 8.82. The molecule has 0 saturated heterocycles. The van der Waals surface area contributed by atoms with Crippen molar-refractivity contribution in [3.8, 4) is 29.2 Å². The Kier molecular flexibility index (Phi) is 3.92. The molecule has 7 heteroatoms. The molecule has 0 aliphatic heterocycles.